The zero-order valence-electron chi connectivity index (χ0n) is 18.1. The minimum atomic E-state index is -9.31. The summed E-state index contributed by atoms with van der Waals surface area (Å²) >= 11 is 0. The number of rotatable bonds is 15. The molecular formula is C14H9F21O6. The molecule has 0 saturated heterocycles. The molecule has 0 unspecified atom stereocenters. The molecule has 0 rings (SSSR count). The van der Waals surface area contributed by atoms with Crippen molar-refractivity contribution in [3.8, 4) is 0 Å². The Morgan fingerprint density at radius 2 is 0.488 bits per heavy atom. The molecular weight excluding hydrogens is 663 g/mol. The first-order chi connectivity index (χ1) is 17.6. The summed E-state index contributed by atoms with van der Waals surface area (Å²) in [6, 6.07) is 0. The number of hydrogen-bond acceptors (Lipinski definition) is 6. The molecule has 27 heteroatoms. The van der Waals surface area contributed by atoms with Crippen LogP contribution in [-0.2, 0) is 14.2 Å². The van der Waals surface area contributed by atoms with Gasteiger partial charge in [-0.05, 0) is 0 Å². The maximum atomic E-state index is 14.4. The fourth-order valence-electron chi connectivity index (χ4n) is 2.22. The molecule has 0 bridgehead atoms. The van der Waals surface area contributed by atoms with Gasteiger partial charge in [0.15, 0.2) is 0 Å². The van der Waals surface area contributed by atoms with Gasteiger partial charge in [-0.3, -0.25) is 0 Å². The molecule has 0 spiro atoms. The van der Waals surface area contributed by atoms with Crippen molar-refractivity contribution in [3.63, 3.8) is 0 Å². The summed E-state index contributed by atoms with van der Waals surface area (Å²) in [5, 5.41) is 24.0. The highest BCUT2D eigenvalue weighted by Crippen LogP contribution is 2.69. The van der Waals surface area contributed by atoms with E-state index in [0.29, 0.717) is 0 Å². The Bertz CT molecular complexity index is 797. The van der Waals surface area contributed by atoms with Crippen LogP contribution >= 0.6 is 0 Å². The average molecular weight is 672 g/mol. The molecule has 0 saturated carbocycles. The Hall–Kier alpha value is -1.71. The van der Waals surface area contributed by atoms with Crippen molar-refractivity contribution in [3.05, 3.63) is 0 Å². The van der Waals surface area contributed by atoms with Crippen molar-refractivity contribution in [2.75, 3.05) is 19.8 Å². The van der Waals surface area contributed by atoms with Crippen LogP contribution in [0.1, 0.15) is 0 Å². The number of hydrogen-bond donors (Lipinski definition) is 3. The quantitative estimate of drug-likeness (QED) is 0.212. The van der Waals surface area contributed by atoms with Gasteiger partial charge in [0.2, 0.25) is 0 Å². The molecule has 0 atom stereocenters. The highest BCUT2D eigenvalue weighted by atomic mass is 19.4. The van der Waals surface area contributed by atoms with Crippen LogP contribution in [0.2, 0.25) is 0 Å². The molecule has 41 heavy (non-hydrogen) atoms. The van der Waals surface area contributed by atoms with E-state index in [1.807, 2.05) is 0 Å². The minimum absolute atomic E-state index is 1.32. The molecule has 0 aromatic carbocycles. The SMILES string of the molecule is OCC(F)(F)C(F)(F)OC(F)(F)C(C(F)(F)F)(C(F)(F)OC(F)(F)C(F)(F)CO)C(F)(F)OC(F)(F)C(F)(F)CO. The number of aliphatic hydroxyl groups excluding tert-OH is 3. The first-order valence-electron chi connectivity index (χ1n) is 8.95. The van der Waals surface area contributed by atoms with E-state index < -0.39 is 85.8 Å². The van der Waals surface area contributed by atoms with E-state index in [9.17, 15) is 92.2 Å². The van der Waals surface area contributed by atoms with Gasteiger partial charge in [0.25, 0.3) is 0 Å². The van der Waals surface area contributed by atoms with E-state index in [1.165, 1.54) is 14.2 Å². The fourth-order valence-corrected chi connectivity index (χ4v) is 2.22. The van der Waals surface area contributed by atoms with Gasteiger partial charge in [-0.2, -0.15) is 92.2 Å². The third-order valence-electron chi connectivity index (χ3n) is 4.38. The summed E-state index contributed by atoms with van der Waals surface area (Å²) in [6.45, 7) is -10.6. The lowest BCUT2D eigenvalue weighted by atomic mass is 9.81. The Balaban J connectivity index is 8.01. The molecule has 0 amide bonds. The van der Waals surface area contributed by atoms with Crippen LogP contribution < -0.4 is 0 Å². The van der Waals surface area contributed by atoms with Crippen LogP contribution in [-0.4, -0.2) is 95.7 Å². The predicted molar refractivity (Wildman–Crippen MR) is 77.5 cm³/mol. The van der Waals surface area contributed by atoms with E-state index in [2.05, 4.69) is 0 Å². The van der Waals surface area contributed by atoms with Crippen LogP contribution in [0.3, 0.4) is 0 Å². The lowest BCUT2D eigenvalue weighted by Crippen LogP contribution is -2.76. The first kappa shape index (κ1) is 39.3. The molecule has 3 N–H and O–H groups in total. The topological polar surface area (TPSA) is 88.4 Å². The molecule has 0 radical (unpaired) electrons. The Morgan fingerprint density at radius 3 is 0.610 bits per heavy atom. The second-order valence-corrected chi connectivity index (χ2v) is 7.24. The zero-order valence-corrected chi connectivity index (χ0v) is 18.1. The number of halogens is 21. The molecule has 0 aromatic heterocycles. The minimum Gasteiger partial charge on any atom is -0.390 e. The Kier molecular flexibility index (Phi) is 10.3. The molecule has 0 aliphatic heterocycles. The predicted octanol–water partition coefficient (Wildman–Crippen LogP) is 5.02. The van der Waals surface area contributed by atoms with Gasteiger partial charge in [-0.15, -0.1) is 0 Å². The van der Waals surface area contributed by atoms with Crippen LogP contribution in [0.25, 0.3) is 0 Å². The largest absolute Gasteiger partial charge is 0.426 e. The number of alkyl halides is 21. The van der Waals surface area contributed by atoms with Gasteiger partial charge in [0, 0.05) is 0 Å². The molecule has 0 heterocycles. The van der Waals surface area contributed by atoms with Crippen LogP contribution in [0, 0.1) is 5.41 Å². The highest BCUT2D eigenvalue weighted by molar-refractivity contribution is 5.08. The second kappa shape index (κ2) is 10.8. The van der Waals surface area contributed by atoms with E-state index in [-0.39, 0.29) is 0 Å². The van der Waals surface area contributed by atoms with Gasteiger partial charge >= 0.3 is 66.0 Å². The highest BCUT2D eigenvalue weighted by Gasteiger charge is 2.97. The molecule has 0 aliphatic carbocycles. The van der Waals surface area contributed by atoms with Crippen molar-refractivity contribution >= 4 is 0 Å². The van der Waals surface area contributed by atoms with Crippen molar-refractivity contribution < 1.29 is 122 Å². The zero-order chi connectivity index (χ0) is 33.7. The first-order valence-corrected chi connectivity index (χ1v) is 8.95. The summed E-state index contributed by atoms with van der Waals surface area (Å²) in [6.07, 6.45) is -58.6. The monoisotopic (exact) mass is 672 g/mol. The lowest BCUT2D eigenvalue weighted by molar-refractivity contribution is -0.605. The van der Waals surface area contributed by atoms with Gasteiger partial charge in [0.05, 0.1) is 0 Å². The number of ether oxygens (including phenoxy) is 3. The molecule has 0 aliphatic rings. The van der Waals surface area contributed by atoms with E-state index in [0.717, 1.165) is 0 Å². The Morgan fingerprint density at radius 1 is 0.317 bits per heavy atom. The van der Waals surface area contributed by atoms with Crippen molar-refractivity contribution in [1.29, 1.82) is 0 Å². The Labute approximate surface area is 209 Å². The summed E-state index contributed by atoms with van der Waals surface area (Å²) in [5.41, 5.74) is -9.31. The van der Waals surface area contributed by atoms with Gasteiger partial charge in [0.1, 0.15) is 19.8 Å². The smallest absolute Gasteiger partial charge is 0.390 e. The van der Waals surface area contributed by atoms with Crippen LogP contribution in [0.5, 0.6) is 0 Å². The van der Waals surface area contributed by atoms with Crippen molar-refractivity contribution in [1.82, 2.24) is 0 Å². The van der Waals surface area contributed by atoms with E-state index >= 15 is 0 Å². The van der Waals surface area contributed by atoms with Crippen LogP contribution in [0.4, 0.5) is 92.2 Å². The third kappa shape index (κ3) is 6.47. The van der Waals surface area contributed by atoms with Crippen molar-refractivity contribution in [2.45, 2.75) is 60.6 Å². The second-order valence-electron chi connectivity index (χ2n) is 7.24. The molecule has 248 valence electrons. The van der Waals surface area contributed by atoms with E-state index in [4.69, 9.17) is 15.3 Å². The third-order valence-corrected chi connectivity index (χ3v) is 4.38. The maximum Gasteiger partial charge on any atom is 0.426 e. The molecule has 6 nitrogen and oxygen atoms in total. The average Bonchev–Trinajstić information content (AvgIpc) is 2.68. The standard InChI is InChI=1S/C14H9F21O6/c15-4(16,1-36)9(24,25)39-12(30,31)7(8(21,22)23,13(32,33)40-10(26,27)5(17,18)2-37)14(34,35)41-11(28,29)6(19,20)3-38/h36-38H,1-3H2. The summed E-state index contributed by atoms with van der Waals surface area (Å²) in [5.74, 6) is -20.2. The van der Waals surface area contributed by atoms with Crippen LogP contribution in [0.15, 0.2) is 0 Å². The fraction of sp³-hybridized carbons (Fsp3) is 1.00. The summed E-state index contributed by atoms with van der Waals surface area (Å²) in [7, 11) is 0. The summed E-state index contributed by atoms with van der Waals surface area (Å²) in [4.78, 5) is 0. The normalized spacial score (nSPS) is 16.4. The summed E-state index contributed by atoms with van der Waals surface area (Å²) < 4.78 is 290. The van der Waals surface area contributed by atoms with Gasteiger partial charge < -0.3 is 15.3 Å². The maximum absolute atomic E-state index is 14.4. The number of aliphatic hydroxyl groups is 3. The van der Waals surface area contributed by atoms with E-state index in [1.54, 1.807) is 0 Å². The van der Waals surface area contributed by atoms with Gasteiger partial charge in [-0.25, -0.2) is 14.2 Å². The molecule has 0 fully saturated rings. The lowest BCUT2D eigenvalue weighted by Gasteiger charge is -2.49. The van der Waals surface area contributed by atoms with Gasteiger partial charge in [-0.1, -0.05) is 0 Å². The molecule has 0 aromatic rings. The van der Waals surface area contributed by atoms with Crippen molar-refractivity contribution in [2.24, 2.45) is 5.41 Å².